The van der Waals surface area contributed by atoms with Crippen LogP contribution in [0.1, 0.15) is 419 Å². The molecule has 0 saturated heterocycles. The Bertz CT molecular complexity index is 1310. The van der Waals surface area contributed by atoms with Crippen molar-refractivity contribution in [2.75, 3.05) is 13.2 Å². The van der Waals surface area contributed by atoms with Gasteiger partial charge in [-0.05, 0) is 44.9 Å². The Morgan fingerprint density at radius 2 is 0.457 bits per heavy atom. The fraction of sp³-hybridized carbons (Fsp3) is 0.907. The van der Waals surface area contributed by atoms with Crippen LogP contribution >= 0.6 is 0 Å². The Morgan fingerprint density at radius 1 is 0.247 bits per heavy atom. The molecule has 6 heteroatoms. The number of carbonyl (C=O) groups is 3. The number of allylic oxidation sites excluding steroid dienone is 4. The van der Waals surface area contributed by atoms with Gasteiger partial charge in [0.1, 0.15) is 13.2 Å². The second-order valence-electron chi connectivity index (χ2n) is 25.2. The lowest BCUT2D eigenvalue weighted by atomic mass is 10.0. The normalized spacial score (nSPS) is 12.1. The molecule has 0 aliphatic carbocycles. The number of rotatable bonds is 69. The van der Waals surface area contributed by atoms with Gasteiger partial charge < -0.3 is 14.2 Å². The van der Waals surface area contributed by atoms with Gasteiger partial charge in [0.15, 0.2) is 6.10 Å². The Kier molecular flexibility index (Phi) is 68.5. The van der Waals surface area contributed by atoms with E-state index < -0.39 is 6.10 Å². The highest BCUT2D eigenvalue weighted by atomic mass is 16.6. The average molecular weight is 1140 g/mol. The second-order valence-corrected chi connectivity index (χ2v) is 25.2. The van der Waals surface area contributed by atoms with Crippen molar-refractivity contribution in [1.82, 2.24) is 0 Å². The van der Waals surface area contributed by atoms with E-state index in [4.69, 9.17) is 14.2 Å². The summed E-state index contributed by atoms with van der Waals surface area (Å²) < 4.78 is 17.0. The van der Waals surface area contributed by atoms with Gasteiger partial charge in [0.25, 0.3) is 0 Å². The summed E-state index contributed by atoms with van der Waals surface area (Å²) in [6.07, 6.45) is 86.6. The highest BCUT2D eigenvalue weighted by Crippen LogP contribution is 2.19. The fourth-order valence-electron chi connectivity index (χ4n) is 11.4. The summed E-state index contributed by atoms with van der Waals surface area (Å²) in [5, 5.41) is 0. The predicted octanol–water partition coefficient (Wildman–Crippen LogP) is 25.3. The Morgan fingerprint density at radius 3 is 0.716 bits per heavy atom. The third kappa shape index (κ3) is 68.6. The summed E-state index contributed by atoms with van der Waals surface area (Å²) in [7, 11) is 0. The molecule has 478 valence electrons. The highest BCUT2D eigenvalue weighted by Gasteiger charge is 2.20. The van der Waals surface area contributed by atoms with Crippen LogP contribution in [0.4, 0.5) is 0 Å². The zero-order valence-electron chi connectivity index (χ0n) is 55.1. The minimum Gasteiger partial charge on any atom is -0.462 e. The molecule has 0 amide bonds. The number of ether oxygens (including phenoxy) is 3. The van der Waals surface area contributed by atoms with E-state index in [1.54, 1.807) is 0 Å². The Hall–Kier alpha value is -2.11. The van der Waals surface area contributed by atoms with Crippen LogP contribution < -0.4 is 0 Å². The summed E-state index contributed by atoms with van der Waals surface area (Å²) in [4.78, 5) is 38.4. The zero-order valence-corrected chi connectivity index (χ0v) is 55.1. The largest absolute Gasteiger partial charge is 0.462 e. The van der Waals surface area contributed by atoms with Crippen LogP contribution in [0.25, 0.3) is 0 Å². The molecule has 0 aliphatic rings. The maximum absolute atomic E-state index is 12.9. The molecule has 0 spiro atoms. The molecule has 0 aromatic carbocycles. The molecule has 0 heterocycles. The van der Waals surface area contributed by atoms with Crippen molar-refractivity contribution in [3.8, 4) is 0 Å². The molecule has 0 aliphatic heterocycles. The van der Waals surface area contributed by atoms with Gasteiger partial charge in [0.05, 0.1) is 0 Å². The minimum atomic E-state index is -0.774. The summed E-state index contributed by atoms with van der Waals surface area (Å²) in [6, 6.07) is 0. The van der Waals surface area contributed by atoms with Crippen LogP contribution in [0.15, 0.2) is 24.3 Å². The molecule has 1 atom stereocenters. The number of carbonyl (C=O) groups excluding carboxylic acids is 3. The van der Waals surface area contributed by atoms with Gasteiger partial charge in [-0.2, -0.15) is 0 Å². The van der Waals surface area contributed by atoms with E-state index in [0.29, 0.717) is 19.3 Å². The summed E-state index contributed by atoms with van der Waals surface area (Å²) in [5.74, 6) is -0.851. The molecule has 6 nitrogen and oxygen atoms in total. The molecule has 0 fully saturated rings. The average Bonchev–Trinajstić information content (AvgIpc) is 3.47. The monoisotopic (exact) mass is 1140 g/mol. The van der Waals surface area contributed by atoms with Gasteiger partial charge in [0.2, 0.25) is 0 Å². The van der Waals surface area contributed by atoms with Crippen LogP contribution in [-0.2, 0) is 28.6 Å². The van der Waals surface area contributed by atoms with Crippen molar-refractivity contribution < 1.29 is 28.6 Å². The molecule has 0 radical (unpaired) electrons. The van der Waals surface area contributed by atoms with E-state index in [1.165, 1.54) is 302 Å². The van der Waals surface area contributed by atoms with E-state index >= 15 is 0 Å². The van der Waals surface area contributed by atoms with Gasteiger partial charge >= 0.3 is 17.9 Å². The van der Waals surface area contributed by atoms with Crippen LogP contribution in [0.5, 0.6) is 0 Å². The third-order valence-electron chi connectivity index (χ3n) is 17.0. The quantitative estimate of drug-likeness (QED) is 0.0261. The standard InChI is InChI=1S/C75H142O6/c1-4-7-10-13-16-19-22-25-28-30-32-33-34-35-36-37-38-39-40-41-42-43-44-46-47-50-53-56-59-62-65-68-74(77)80-71-72(70-79-73(76)67-64-61-58-55-52-49-27-24-21-18-15-12-9-6-3)81-75(78)69-66-63-60-57-54-51-48-45-31-29-26-23-20-17-14-11-8-5-2/h15,18,24,27,72H,4-14,16-17,19-23,25-26,28-71H2,1-3H3/b18-15-,27-24-. The van der Waals surface area contributed by atoms with Gasteiger partial charge in [-0.1, -0.05) is 379 Å². The van der Waals surface area contributed by atoms with E-state index in [-0.39, 0.29) is 31.1 Å². The molecule has 0 aromatic rings. The molecule has 81 heavy (non-hydrogen) atoms. The van der Waals surface area contributed by atoms with Gasteiger partial charge in [0, 0.05) is 19.3 Å². The topological polar surface area (TPSA) is 78.9 Å². The lowest BCUT2D eigenvalue weighted by Crippen LogP contribution is -2.30. The predicted molar refractivity (Wildman–Crippen MR) is 353 cm³/mol. The lowest BCUT2D eigenvalue weighted by Gasteiger charge is -2.18. The first-order chi connectivity index (χ1) is 40.0. The number of hydrogen-bond donors (Lipinski definition) is 0. The number of unbranched alkanes of at least 4 members (excludes halogenated alkanes) is 54. The fourth-order valence-corrected chi connectivity index (χ4v) is 11.4. The van der Waals surface area contributed by atoms with Crippen LogP contribution in [0.2, 0.25) is 0 Å². The van der Waals surface area contributed by atoms with E-state index in [2.05, 4.69) is 45.1 Å². The van der Waals surface area contributed by atoms with Crippen molar-refractivity contribution in [2.24, 2.45) is 0 Å². The first kappa shape index (κ1) is 78.9. The van der Waals surface area contributed by atoms with Crippen molar-refractivity contribution in [3.63, 3.8) is 0 Å². The molecule has 0 N–H and O–H groups in total. The Labute approximate surface area is 506 Å². The lowest BCUT2D eigenvalue weighted by molar-refractivity contribution is -0.167. The third-order valence-corrected chi connectivity index (χ3v) is 17.0. The second kappa shape index (κ2) is 70.4. The molecule has 0 aromatic heterocycles. The van der Waals surface area contributed by atoms with Gasteiger partial charge in [-0.3, -0.25) is 14.4 Å². The first-order valence-corrected chi connectivity index (χ1v) is 36.8. The Balaban J connectivity index is 4.13. The maximum atomic E-state index is 12.9. The number of esters is 3. The van der Waals surface area contributed by atoms with Crippen molar-refractivity contribution in [3.05, 3.63) is 24.3 Å². The first-order valence-electron chi connectivity index (χ1n) is 36.8. The summed E-state index contributed by atoms with van der Waals surface area (Å²) in [6.45, 7) is 6.68. The summed E-state index contributed by atoms with van der Waals surface area (Å²) >= 11 is 0. The van der Waals surface area contributed by atoms with E-state index in [9.17, 15) is 14.4 Å². The smallest absolute Gasteiger partial charge is 0.306 e. The minimum absolute atomic E-state index is 0.0693. The van der Waals surface area contributed by atoms with Crippen molar-refractivity contribution in [2.45, 2.75) is 425 Å². The van der Waals surface area contributed by atoms with Crippen LogP contribution in [-0.4, -0.2) is 37.2 Å². The van der Waals surface area contributed by atoms with Crippen molar-refractivity contribution in [1.29, 1.82) is 0 Å². The number of hydrogen-bond acceptors (Lipinski definition) is 6. The maximum Gasteiger partial charge on any atom is 0.306 e. The SMILES string of the molecule is CCCC/C=C\C/C=C\CCCCCCCC(=O)OCC(COC(=O)CCCCCCCCCCCCCCCCCCCCCCCCCCCCCCCCC)OC(=O)CCCCCCCCCCCCCCCCCCCC. The van der Waals surface area contributed by atoms with Gasteiger partial charge in [-0.25, -0.2) is 0 Å². The van der Waals surface area contributed by atoms with Gasteiger partial charge in [-0.15, -0.1) is 0 Å². The van der Waals surface area contributed by atoms with Crippen molar-refractivity contribution >= 4 is 17.9 Å². The van der Waals surface area contributed by atoms with Crippen LogP contribution in [0.3, 0.4) is 0 Å². The zero-order chi connectivity index (χ0) is 58.5. The summed E-state index contributed by atoms with van der Waals surface area (Å²) in [5.41, 5.74) is 0. The molecular formula is C75H142O6. The van der Waals surface area contributed by atoms with Crippen LogP contribution in [0, 0.1) is 0 Å². The molecule has 0 bridgehead atoms. The molecular weight excluding hydrogens is 997 g/mol. The van der Waals surface area contributed by atoms with E-state index in [0.717, 1.165) is 77.0 Å². The molecule has 0 saturated carbocycles. The highest BCUT2D eigenvalue weighted by molar-refractivity contribution is 5.71. The molecule has 1 unspecified atom stereocenters. The molecule has 0 rings (SSSR count). The van der Waals surface area contributed by atoms with E-state index in [1.807, 2.05) is 0 Å².